The lowest BCUT2D eigenvalue weighted by atomic mass is 10.1. The van der Waals surface area contributed by atoms with Crippen molar-refractivity contribution in [2.45, 2.75) is 38.7 Å². The molecule has 0 saturated carbocycles. The van der Waals surface area contributed by atoms with Crippen molar-refractivity contribution >= 4 is 17.4 Å². The van der Waals surface area contributed by atoms with Crippen molar-refractivity contribution in [3.05, 3.63) is 22.9 Å². The second-order valence-corrected chi connectivity index (χ2v) is 5.23. The molecule has 0 aliphatic carbocycles. The van der Waals surface area contributed by atoms with Crippen LogP contribution in [0.15, 0.2) is 6.07 Å². The summed E-state index contributed by atoms with van der Waals surface area (Å²) in [5, 5.41) is 0. The number of ether oxygens (including phenoxy) is 1. The number of aryl methyl sites for hydroxylation is 2. The molecule has 2 heterocycles. The van der Waals surface area contributed by atoms with Crippen LogP contribution in [-0.2, 0) is 10.6 Å². The van der Waals surface area contributed by atoms with E-state index in [0.29, 0.717) is 12.0 Å². The van der Waals surface area contributed by atoms with Crippen LogP contribution < -0.4 is 4.90 Å². The van der Waals surface area contributed by atoms with E-state index in [1.807, 2.05) is 6.92 Å². The molecule has 0 spiro atoms. The molecule has 1 aromatic heterocycles. The molecule has 3 nitrogen and oxygen atoms in total. The molecule has 1 saturated heterocycles. The van der Waals surface area contributed by atoms with E-state index >= 15 is 0 Å². The molecule has 0 N–H and O–H groups in total. The Balaban J connectivity index is 2.31. The summed E-state index contributed by atoms with van der Waals surface area (Å²) in [5.74, 6) is 1.56. The van der Waals surface area contributed by atoms with Crippen LogP contribution >= 0.6 is 11.6 Å². The molecule has 0 radical (unpaired) electrons. The Morgan fingerprint density at radius 1 is 1.50 bits per heavy atom. The predicted octanol–water partition coefficient (Wildman–Crippen LogP) is 3.05. The number of alkyl halides is 1. The van der Waals surface area contributed by atoms with Crippen molar-refractivity contribution in [3.63, 3.8) is 0 Å². The molecule has 0 bridgehead atoms. The van der Waals surface area contributed by atoms with Crippen LogP contribution in [0.25, 0.3) is 0 Å². The van der Waals surface area contributed by atoms with Gasteiger partial charge in [0.1, 0.15) is 5.82 Å². The van der Waals surface area contributed by atoms with Crippen LogP contribution in [0.4, 0.5) is 5.82 Å². The van der Waals surface area contributed by atoms with Gasteiger partial charge in [0.2, 0.25) is 0 Å². The standard InChI is InChI=1S/C14H21ClN2O/c1-10-7-11(2)16-14(13(10)8-15)17-6-4-5-12(9-17)18-3/h7,12H,4-6,8-9H2,1-3H3. The fourth-order valence-electron chi connectivity index (χ4n) is 2.59. The maximum atomic E-state index is 6.08. The third-order valence-corrected chi connectivity index (χ3v) is 3.87. The first kappa shape index (κ1) is 13.6. The number of aromatic nitrogens is 1. The molecular weight excluding hydrogens is 248 g/mol. The molecule has 0 amide bonds. The lowest BCUT2D eigenvalue weighted by molar-refractivity contribution is 0.0891. The summed E-state index contributed by atoms with van der Waals surface area (Å²) in [6, 6.07) is 2.10. The zero-order valence-corrected chi connectivity index (χ0v) is 12.1. The van der Waals surface area contributed by atoms with Gasteiger partial charge in [-0.25, -0.2) is 4.98 Å². The Hall–Kier alpha value is -0.800. The van der Waals surface area contributed by atoms with Crippen LogP contribution in [0.1, 0.15) is 29.7 Å². The molecule has 1 atom stereocenters. The third-order valence-electron chi connectivity index (χ3n) is 3.60. The van der Waals surface area contributed by atoms with Crippen molar-refractivity contribution in [3.8, 4) is 0 Å². The number of pyridine rings is 1. The summed E-state index contributed by atoms with van der Waals surface area (Å²) in [6.07, 6.45) is 2.59. The van der Waals surface area contributed by atoms with Gasteiger partial charge in [0, 0.05) is 31.5 Å². The van der Waals surface area contributed by atoms with Crippen molar-refractivity contribution in [1.82, 2.24) is 4.98 Å². The highest BCUT2D eigenvalue weighted by atomic mass is 35.5. The van der Waals surface area contributed by atoms with E-state index in [1.165, 1.54) is 5.56 Å². The summed E-state index contributed by atoms with van der Waals surface area (Å²) in [5.41, 5.74) is 3.43. The average molecular weight is 269 g/mol. The number of nitrogens with zero attached hydrogens (tertiary/aromatic N) is 2. The number of hydrogen-bond donors (Lipinski definition) is 0. The first-order valence-electron chi connectivity index (χ1n) is 6.46. The van der Waals surface area contributed by atoms with Gasteiger partial charge in [-0.2, -0.15) is 0 Å². The average Bonchev–Trinajstić information content (AvgIpc) is 2.38. The van der Waals surface area contributed by atoms with Crippen LogP contribution in [0, 0.1) is 13.8 Å². The Bertz CT molecular complexity index is 423. The van der Waals surface area contributed by atoms with Gasteiger partial charge in [0.05, 0.1) is 12.0 Å². The number of hydrogen-bond acceptors (Lipinski definition) is 3. The molecule has 100 valence electrons. The summed E-state index contributed by atoms with van der Waals surface area (Å²) >= 11 is 6.08. The Morgan fingerprint density at radius 3 is 2.94 bits per heavy atom. The smallest absolute Gasteiger partial charge is 0.133 e. The summed E-state index contributed by atoms with van der Waals surface area (Å²) in [6.45, 7) is 6.09. The lowest BCUT2D eigenvalue weighted by Gasteiger charge is -2.34. The third kappa shape index (κ3) is 2.78. The van der Waals surface area contributed by atoms with Gasteiger partial charge in [0.25, 0.3) is 0 Å². The maximum Gasteiger partial charge on any atom is 0.133 e. The molecule has 1 aromatic rings. The fraction of sp³-hybridized carbons (Fsp3) is 0.643. The first-order chi connectivity index (χ1) is 8.65. The van der Waals surface area contributed by atoms with Crippen LogP contribution in [0.3, 0.4) is 0 Å². The highest BCUT2D eigenvalue weighted by Gasteiger charge is 2.23. The molecule has 1 fully saturated rings. The molecule has 18 heavy (non-hydrogen) atoms. The summed E-state index contributed by atoms with van der Waals surface area (Å²) in [7, 11) is 1.78. The van der Waals surface area contributed by atoms with E-state index in [2.05, 4.69) is 22.9 Å². The first-order valence-corrected chi connectivity index (χ1v) is 7.00. The van der Waals surface area contributed by atoms with Gasteiger partial charge >= 0.3 is 0 Å². The number of methoxy groups -OCH3 is 1. The van der Waals surface area contributed by atoms with Crippen LogP contribution in [-0.4, -0.2) is 31.3 Å². The van der Waals surface area contributed by atoms with Crippen LogP contribution in [0.2, 0.25) is 0 Å². The van der Waals surface area contributed by atoms with Crippen molar-refractivity contribution in [1.29, 1.82) is 0 Å². The quantitative estimate of drug-likeness (QED) is 0.788. The molecule has 2 rings (SSSR count). The number of rotatable bonds is 3. The monoisotopic (exact) mass is 268 g/mol. The van der Waals surface area contributed by atoms with Gasteiger partial charge in [-0.3, -0.25) is 0 Å². The summed E-state index contributed by atoms with van der Waals surface area (Å²) in [4.78, 5) is 7.00. The highest BCUT2D eigenvalue weighted by Crippen LogP contribution is 2.27. The van der Waals surface area contributed by atoms with E-state index < -0.39 is 0 Å². The van der Waals surface area contributed by atoms with Crippen LogP contribution in [0.5, 0.6) is 0 Å². The largest absolute Gasteiger partial charge is 0.380 e. The molecule has 0 aromatic carbocycles. The van der Waals surface area contributed by atoms with Gasteiger partial charge < -0.3 is 9.64 Å². The highest BCUT2D eigenvalue weighted by molar-refractivity contribution is 6.17. The second kappa shape index (κ2) is 5.89. The van der Waals surface area contributed by atoms with Gasteiger partial charge in [0.15, 0.2) is 0 Å². The van der Waals surface area contributed by atoms with Crippen molar-refractivity contribution in [2.24, 2.45) is 0 Å². The number of piperidine rings is 1. The molecule has 4 heteroatoms. The minimum atomic E-state index is 0.310. The predicted molar refractivity (Wildman–Crippen MR) is 75.5 cm³/mol. The van der Waals surface area contributed by atoms with E-state index in [0.717, 1.165) is 43.0 Å². The number of anilines is 1. The minimum Gasteiger partial charge on any atom is -0.380 e. The minimum absolute atomic E-state index is 0.310. The SMILES string of the molecule is COC1CCCN(c2nc(C)cc(C)c2CCl)C1. The van der Waals surface area contributed by atoms with E-state index in [-0.39, 0.29) is 0 Å². The molecule has 1 aliphatic heterocycles. The Morgan fingerprint density at radius 2 is 2.28 bits per heavy atom. The van der Waals surface area contributed by atoms with Crippen molar-refractivity contribution < 1.29 is 4.74 Å². The fourth-order valence-corrected chi connectivity index (χ4v) is 2.92. The van der Waals surface area contributed by atoms with Gasteiger partial charge in [-0.1, -0.05) is 0 Å². The van der Waals surface area contributed by atoms with Gasteiger partial charge in [-0.05, 0) is 38.3 Å². The Kier molecular flexibility index (Phi) is 4.46. The molecule has 1 unspecified atom stereocenters. The number of halogens is 1. The normalized spacial score (nSPS) is 20.2. The van der Waals surface area contributed by atoms with E-state index in [1.54, 1.807) is 7.11 Å². The summed E-state index contributed by atoms with van der Waals surface area (Å²) < 4.78 is 5.47. The Labute approximate surface area is 114 Å². The second-order valence-electron chi connectivity index (χ2n) is 4.96. The molecular formula is C14H21ClN2O. The lowest BCUT2D eigenvalue weighted by Crippen LogP contribution is -2.40. The van der Waals surface area contributed by atoms with Crippen molar-refractivity contribution in [2.75, 3.05) is 25.1 Å². The zero-order chi connectivity index (χ0) is 13.1. The maximum absolute atomic E-state index is 6.08. The molecule has 1 aliphatic rings. The van der Waals surface area contributed by atoms with Gasteiger partial charge in [-0.15, -0.1) is 11.6 Å². The topological polar surface area (TPSA) is 25.4 Å². The van der Waals surface area contributed by atoms with E-state index in [9.17, 15) is 0 Å². The zero-order valence-electron chi connectivity index (χ0n) is 11.4. The van der Waals surface area contributed by atoms with E-state index in [4.69, 9.17) is 16.3 Å².